The van der Waals surface area contributed by atoms with E-state index in [0.717, 1.165) is 30.2 Å². The number of ether oxygens (including phenoxy) is 1. The largest absolute Gasteiger partial charge is 0.370 e. The van der Waals surface area contributed by atoms with Crippen LogP contribution in [0.4, 0.5) is 5.69 Å². The minimum atomic E-state index is 0.290. The Morgan fingerprint density at radius 1 is 1.50 bits per heavy atom. The molecule has 0 bridgehead atoms. The van der Waals surface area contributed by atoms with E-state index >= 15 is 0 Å². The standard InChI is InChI=1S/C21H28N2O/c1-3-17(6-7-18-5-4-10-21(12-18)15-24-21)14-23-20-9-8-19(13-22)11-16(20)2/h8-9,11,14,17-18H,3-7,10,12,15H2,1-2H3/t17?,18-,21+/m1/s1. The van der Waals surface area contributed by atoms with E-state index < -0.39 is 0 Å². The van der Waals surface area contributed by atoms with Gasteiger partial charge in [-0.25, -0.2) is 0 Å². The van der Waals surface area contributed by atoms with Crippen molar-refractivity contribution in [3.05, 3.63) is 29.3 Å². The minimum Gasteiger partial charge on any atom is -0.370 e. The molecule has 24 heavy (non-hydrogen) atoms. The van der Waals surface area contributed by atoms with Gasteiger partial charge in [0.25, 0.3) is 0 Å². The van der Waals surface area contributed by atoms with Gasteiger partial charge in [-0.1, -0.05) is 19.8 Å². The van der Waals surface area contributed by atoms with Crippen molar-refractivity contribution in [2.45, 2.75) is 64.4 Å². The third-order valence-corrected chi connectivity index (χ3v) is 5.68. The van der Waals surface area contributed by atoms with E-state index in [0.29, 0.717) is 11.5 Å². The fraction of sp³-hybridized carbons (Fsp3) is 0.619. The van der Waals surface area contributed by atoms with Crippen LogP contribution < -0.4 is 0 Å². The van der Waals surface area contributed by atoms with E-state index in [1.165, 1.54) is 38.5 Å². The molecule has 3 atom stereocenters. The van der Waals surface area contributed by atoms with E-state index in [9.17, 15) is 0 Å². The molecule has 2 aliphatic rings. The number of hydrogen-bond acceptors (Lipinski definition) is 3. The van der Waals surface area contributed by atoms with Gasteiger partial charge in [0, 0.05) is 6.21 Å². The summed E-state index contributed by atoms with van der Waals surface area (Å²) in [6.07, 6.45) is 11.0. The minimum absolute atomic E-state index is 0.290. The molecule has 2 fully saturated rings. The van der Waals surface area contributed by atoms with Crippen molar-refractivity contribution >= 4 is 11.9 Å². The maximum atomic E-state index is 8.95. The van der Waals surface area contributed by atoms with E-state index in [1.807, 2.05) is 25.1 Å². The zero-order valence-electron chi connectivity index (χ0n) is 14.9. The summed E-state index contributed by atoms with van der Waals surface area (Å²) in [6.45, 7) is 5.26. The second-order valence-corrected chi connectivity index (χ2v) is 7.57. The Bertz CT molecular complexity index is 640. The van der Waals surface area contributed by atoms with Crippen molar-refractivity contribution in [3.63, 3.8) is 0 Å². The van der Waals surface area contributed by atoms with Crippen molar-refractivity contribution in [1.29, 1.82) is 5.26 Å². The lowest BCUT2D eigenvalue weighted by atomic mass is 9.78. The molecule has 1 aromatic carbocycles. The van der Waals surface area contributed by atoms with Crippen molar-refractivity contribution in [1.82, 2.24) is 0 Å². The first-order chi connectivity index (χ1) is 11.6. The molecule has 1 unspecified atom stereocenters. The first-order valence-corrected chi connectivity index (χ1v) is 9.33. The number of aliphatic imine (C=N–C) groups is 1. The molecule has 1 saturated heterocycles. The number of epoxide rings is 1. The SMILES string of the molecule is CCC(C=Nc1ccc(C#N)cc1C)CC[C@H]1CCC[C@@]2(CO2)C1. The summed E-state index contributed by atoms with van der Waals surface area (Å²) < 4.78 is 5.69. The summed E-state index contributed by atoms with van der Waals surface area (Å²) in [5, 5.41) is 8.95. The second kappa shape index (κ2) is 7.49. The van der Waals surface area contributed by atoms with Crippen LogP contribution in [0.3, 0.4) is 0 Å². The van der Waals surface area contributed by atoms with Crippen LogP contribution in [0.2, 0.25) is 0 Å². The highest BCUT2D eigenvalue weighted by molar-refractivity contribution is 5.67. The number of hydrogen-bond donors (Lipinski definition) is 0. The number of rotatable bonds is 6. The first kappa shape index (κ1) is 17.2. The maximum Gasteiger partial charge on any atom is 0.0991 e. The van der Waals surface area contributed by atoms with Crippen LogP contribution in [-0.4, -0.2) is 18.4 Å². The zero-order valence-corrected chi connectivity index (χ0v) is 14.9. The van der Waals surface area contributed by atoms with E-state index in [4.69, 9.17) is 15.0 Å². The van der Waals surface area contributed by atoms with Gasteiger partial charge in [-0.3, -0.25) is 4.99 Å². The van der Waals surface area contributed by atoms with E-state index in [1.54, 1.807) is 0 Å². The topological polar surface area (TPSA) is 48.7 Å². The smallest absolute Gasteiger partial charge is 0.0991 e. The van der Waals surface area contributed by atoms with Crippen LogP contribution in [0.15, 0.2) is 23.2 Å². The summed E-state index contributed by atoms with van der Waals surface area (Å²) in [4.78, 5) is 4.70. The predicted molar refractivity (Wildman–Crippen MR) is 97.7 cm³/mol. The van der Waals surface area contributed by atoms with Crippen LogP contribution in [0, 0.1) is 30.1 Å². The van der Waals surface area contributed by atoms with Crippen LogP contribution in [0.25, 0.3) is 0 Å². The lowest BCUT2D eigenvalue weighted by Gasteiger charge is -2.27. The summed E-state index contributed by atoms with van der Waals surface area (Å²) in [5.41, 5.74) is 3.04. The Morgan fingerprint density at radius 3 is 3.00 bits per heavy atom. The Morgan fingerprint density at radius 2 is 2.33 bits per heavy atom. The third kappa shape index (κ3) is 4.24. The average molecular weight is 324 g/mol. The first-order valence-electron chi connectivity index (χ1n) is 9.33. The zero-order chi connectivity index (χ0) is 17.0. The molecule has 1 aliphatic carbocycles. The highest BCUT2D eigenvalue weighted by atomic mass is 16.6. The molecule has 1 spiro atoms. The Balaban J connectivity index is 1.53. The van der Waals surface area contributed by atoms with Gasteiger partial charge in [0.05, 0.1) is 29.5 Å². The fourth-order valence-corrected chi connectivity index (χ4v) is 3.94. The lowest BCUT2D eigenvalue weighted by Crippen LogP contribution is -2.23. The Hall–Kier alpha value is -1.66. The quantitative estimate of drug-likeness (QED) is 0.524. The van der Waals surface area contributed by atoms with Gasteiger partial charge in [0.15, 0.2) is 0 Å². The Labute approximate surface area is 145 Å². The van der Waals surface area contributed by atoms with E-state index in [-0.39, 0.29) is 5.60 Å². The molecule has 1 aliphatic heterocycles. The molecule has 1 heterocycles. The van der Waals surface area contributed by atoms with Crippen LogP contribution >= 0.6 is 0 Å². The van der Waals surface area contributed by atoms with Gasteiger partial charge >= 0.3 is 0 Å². The normalized spacial score (nSPS) is 27.3. The predicted octanol–water partition coefficient (Wildman–Crippen LogP) is 5.33. The van der Waals surface area contributed by atoms with Gasteiger partial charge in [0.1, 0.15) is 0 Å². The summed E-state index contributed by atoms with van der Waals surface area (Å²) in [6, 6.07) is 7.88. The van der Waals surface area contributed by atoms with Crippen LogP contribution in [0.5, 0.6) is 0 Å². The number of aryl methyl sites for hydroxylation is 1. The molecule has 0 N–H and O–H groups in total. The van der Waals surface area contributed by atoms with Crippen molar-refractivity contribution in [2.75, 3.05) is 6.61 Å². The monoisotopic (exact) mass is 324 g/mol. The van der Waals surface area contributed by atoms with Gasteiger partial charge in [-0.2, -0.15) is 5.26 Å². The second-order valence-electron chi connectivity index (χ2n) is 7.57. The average Bonchev–Trinajstić information content (AvgIpc) is 3.34. The Kier molecular flexibility index (Phi) is 5.36. The molecule has 3 heteroatoms. The molecular weight excluding hydrogens is 296 g/mol. The molecule has 1 saturated carbocycles. The lowest BCUT2D eigenvalue weighted by molar-refractivity contribution is 0.181. The van der Waals surface area contributed by atoms with Crippen molar-refractivity contribution < 1.29 is 4.74 Å². The van der Waals surface area contributed by atoms with Gasteiger partial charge < -0.3 is 4.74 Å². The summed E-state index contributed by atoms with van der Waals surface area (Å²) in [5.74, 6) is 1.37. The van der Waals surface area contributed by atoms with Crippen molar-refractivity contribution in [3.8, 4) is 6.07 Å². The molecule has 128 valence electrons. The van der Waals surface area contributed by atoms with E-state index in [2.05, 4.69) is 19.2 Å². The molecule has 0 aromatic heterocycles. The molecule has 0 radical (unpaired) electrons. The number of nitrogens with zero attached hydrogens (tertiary/aromatic N) is 2. The number of benzene rings is 1. The molecule has 3 rings (SSSR count). The molecule has 3 nitrogen and oxygen atoms in total. The molecular formula is C21H28N2O. The van der Waals surface area contributed by atoms with Gasteiger partial charge in [-0.15, -0.1) is 0 Å². The number of nitriles is 1. The highest BCUT2D eigenvalue weighted by Gasteiger charge is 2.47. The van der Waals surface area contributed by atoms with Gasteiger partial charge in [-0.05, 0) is 74.6 Å². The van der Waals surface area contributed by atoms with Crippen molar-refractivity contribution in [2.24, 2.45) is 16.8 Å². The third-order valence-electron chi connectivity index (χ3n) is 5.68. The highest BCUT2D eigenvalue weighted by Crippen LogP contribution is 2.45. The molecule has 1 aromatic rings. The summed E-state index contributed by atoms with van der Waals surface area (Å²) >= 11 is 0. The summed E-state index contributed by atoms with van der Waals surface area (Å²) in [7, 11) is 0. The molecule has 0 amide bonds. The van der Waals surface area contributed by atoms with Gasteiger partial charge in [0.2, 0.25) is 0 Å². The van der Waals surface area contributed by atoms with Crippen LogP contribution in [-0.2, 0) is 4.74 Å². The fourth-order valence-electron chi connectivity index (χ4n) is 3.94. The maximum absolute atomic E-state index is 8.95. The van der Waals surface area contributed by atoms with Crippen LogP contribution in [0.1, 0.15) is 63.0 Å².